The topological polar surface area (TPSA) is 75.3 Å². The SMILES string of the molecule is Cc1cccc(C)c1NS(=O)(=O)c1ccc(NC(=O)c2ccccc2Cl)c(F)c1. The molecule has 0 aromatic heterocycles. The van der Waals surface area contributed by atoms with Crippen molar-refractivity contribution >= 4 is 38.9 Å². The first-order valence-electron chi connectivity index (χ1n) is 8.63. The van der Waals surface area contributed by atoms with E-state index < -0.39 is 21.7 Å². The summed E-state index contributed by atoms with van der Waals surface area (Å²) in [7, 11) is -4.01. The fraction of sp³-hybridized carbons (Fsp3) is 0.0952. The zero-order valence-electron chi connectivity index (χ0n) is 15.7. The second kappa shape index (κ2) is 8.23. The molecule has 0 saturated carbocycles. The lowest BCUT2D eigenvalue weighted by Crippen LogP contribution is -2.16. The van der Waals surface area contributed by atoms with Gasteiger partial charge in [-0.25, -0.2) is 12.8 Å². The number of amides is 1. The third kappa shape index (κ3) is 4.58. The second-order valence-electron chi connectivity index (χ2n) is 6.45. The molecule has 0 bridgehead atoms. The van der Waals surface area contributed by atoms with Gasteiger partial charge in [-0.05, 0) is 55.3 Å². The van der Waals surface area contributed by atoms with Crippen LogP contribution >= 0.6 is 11.6 Å². The molecule has 0 aliphatic heterocycles. The number of nitrogens with one attached hydrogen (secondary N) is 2. The van der Waals surface area contributed by atoms with Crippen molar-refractivity contribution in [2.75, 3.05) is 10.0 Å². The van der Waals surface area contributed by atoms with E-state index in [1.807, 2.05) is 6.07 Å². The van der Waals surface area contributed by atoms with Gasteiger partial charge in [0.15, 0.2) is 0 Å². The molecule has 0 fully saturated rings. The molecule has 1 amide bonds. The normalized spacial score (nSPS) is 11.2. The zero-order valence-corrected chi connectivity index (χ0v) is 17.2. The number of anilines is 2. The van der Waals surface area contributed by atoms with Crippen molar-refractivity contribution in [2.45, 2.75) is 18.7 Å². The van der Waals surface area contributed by atoms with Crippen LogP contribution in [0.25, 0.3) is 0 Å². The predicted octanol–water partition coefficient (Wildman–Crippen LogP) is 5.15. The van der Waals surface area contributed by atoms with E-state index in [-0.39, 0.29) is 21.2 Å². The number of halogens is 2. The number of carbonyl (C=O) groups excluding carboxylic acids is 1. The summed E-state index contributed by atoms with van der Waals surface area (Å²) in [6.45, 7) is 3.55. The molecule has 0 aliphatic carbocycles. The quantitative estimate of drug-likeness (QED) is 0.585. The second-order valence-corrected chi connectivity index (χ2v) is 8.54. The Morgan fingerprint density at radius 1 is 0.966 bits per heavy atom. The summed E-state index contributed by atoms with van der Waals surface area (Å²) < 4.78 is 42.4. The molecule has 2 N–H and O–H groups in total. The van der Waals surface area contributed by atoms with Gasteiger partial charge in [0, 0.05) is 0 Å². The van der Waals surface area contributed by atoms with Crippen molar-refractivity contribution < 1.29 is 17.6 Å². The number of benzene rings is 3. The van der Waals surface area contributed by atoms with Crippen LogP contribution in [0, 0.1) is 19.7 Å². The summed E-state index contributed by atoms with van der Waals surface area (Å²) in [6.07, 6.45) is 0. The molecular weight excluding hydrogens is 415 g/mol. The molecule has 150 valence electrons. The average molecular weight is 433 g/mol. The molecule has 3 aromatic carbocycles. The maximum Gasteiger partial charge on any atom is 0.262 e. The minimum absolute atomic E-state index is 0.152. The van der Waals surface area contributed by atoms with E-state index in [2.05, 4.69) is 10.0 Å². The molecule has 5 nitrogen and oxygen atoms in total. The van der Waals surface area contributed by atoms with E-state index in [9.17, 15) is 17.6 Å². The third-order valence-electron chi connectivity index (χ3n) is 4.34. The summed E-state index contributed by atoms with van der Waals surface area (Å²) in [6, 6.07) is 15.0. The monoisotopic (exact) mass is 432 g/mol. The number of rotatable bonds is 5. The Hall–Kier alpha value is -2.90. The minimum Gasteiger partial charge on any atom is -0.319 e. The molecule has 8 heteroatoms. The lowest BCUT2D eigenvalue weighted by molar-refractivity contribution is 0.102. The number of hydrogen-bond acceptors (Lipinski definition) is 3. The minimum atomic E-state index is -4.01. The zero-order chi connectivity index (χ0) is 21.2. The Labute approximate surface area is 173 Å². The molecule has 0 unspecified atom stereocenters. The number of sulfonamides is 1. The molecule has 0 aliphatic rings. The first-order valence-corrected chi connectivity index (χ1v) is 10.5. The molecule has 0 radical (unpaired) electrons. The Morgan fingerprint density at radius 2 is 1.62 bits per heavy atom. The molecule has 0 atom stereocenters. The van der Waals surface area contributed by atoms with Crippen LogP contribution in [0.15, 0.2) is 65.6 Å². The van der Waals surface area contributed by atoms with E-state index in [4.69, 9.17) is 11.6 Å². The van der Waals surface area contributed by atoms with Crippen LogP contribution in [-0.2, 0) is 10.0 Å². The number of carbonyl (C=O) groups is 1. The molecule has 0 spiro atoms. The average Bonchev–Trinajstić information content (AvgIpc) is 2.66. The van der Waals surface area contributed by atoms with Gasteiger partial charge in [-0.3, -0.25) is 9.52 Å². The summed E-state index contributed by atoms with van der Waals surface area (Å²) >= 11 is 5.97. The van der Waals surface area contributed by atoms with Crippen molar-refractivity contribution in [3.63, 3.8) is 0 Å². The fourth-order valence-electron chi connectivity index (χ4n) is 2.77. The highest BCUT2D eigenvalue weighted by molar-refractivity contribution is 7.92. The van der Waals surface area contributed by atoms with Crippen molar-refractivity contribution in [3.05, 3.63) is 88.2 Å². The molecule has 29 heavy (non-hydrogen) atoms. The van der Waals surface area contributed by atoms with E-state index in [0.717, 1.165) is 17.2 Å². The van der Waals surface area contributed by atoms with Crippen molar-refractivity contribution in [1.82, 2.24) is 0 Å². The van der Waals surface area contributed by atoms with Crippen LogP contribution in [0.4, 0.5) is 15.8 Å². The van der Waals surface area contributed by atoms with Crippen molar-refractivity contribution in [2.24, 2.45) is 0 Å². The summed E-state index contributed by atoms with van der Waals surface area (Å²) in [4.78, 5) is 12.0. The Bertz CT molecular complexity index is 1180. The van der Waals surface area contributed by atoms with Gasteiger partial charge < -0.3 is 5.32 Å². The van der Waals surface area contributed by atoms with Gasteiger partial charge in [0.05, 0.1) is 26.9 Å². The number of aryl methyl sites for hydroxylation is 2. The molecular formula is C21H18ClFN2O3S. The fourth-order valence-corrected chi connectivity index (χ4v) is 4.20. The first kappa shape index (κ1) is 20.8. The highest BCUT2D eigenvalue weighted by Crippen LogP contribution is 2.26. The molecule has 0 saturated heterocycles. The number of hydrogen-bond donors (Lipinski definition) is 2. The standard InChI is InChI=1S/C21H18ClFN2O3S/c1-13-6-5-7-14(2)20(13)25-29(27,28)15-10-11-19(18(23)12-15)24-21(26)16-8-3-4-9-17(16)22/h3-12,25H,1-2H3,(H,24,26). The first-order chi connectivity index (χ1) is 13.7. The summed E-state index contributed by atoms with van der Waals surface area (Å²) in [5, 5.41) is 2.62. The third-order valence-corrected chi connectivity index (χ3v) is 6.01. The highest BCUT2D eigenvalue weighted by Gasteiger charge is 2.19. The van der Waals surface area contributed by atoms with Gasteiger partial charge in [0.25, 0.3) is 15.9 Å². The van der Waals surface area contributed by atoms with Crippen LogP contribution in [0.5, 0.6) is 0 Å². The van der Waals surface area contributed by atoms with Gasteiger partial charge in [0.2, 0.25) is 0 Å². The van der Waals surface area contributed by atoms with E-state index in [1.54, 1.807) is 44.2 Å². The maximum absolute atomic E-state index is 14.5. The molecule has 3 aromatic rings. The number of para-hydroxylation sites is 1. The van der Waals surface area contributed by atoms with Crippen LogP contribution in [0.1, 0.15) is 21.5 Å². The van der Waals surface area contributed by atoms with Crippen LogP contribution < -0.4 is 10.0 Å². The van der Waals surface area contributed by atoms with Gasteiger partial charge in [-0.15, -0.1) is 0 Å². The van der Waals surface area contributed by atoms with Gasteiger partial charge in [-0.1, -0.05) is 41.9 Å². The maximum atomic E-state index is 14.5. The van der Waals surface area contributed by atoms with Crippen molar-refractivity contribution in [3.8, 4) is 0 Å². The predicted molar refractivity (Wildman–Crippen MR) is 113 cm³/mol. The van der Waals surface area contributed by atoms with E-state index >= 15 is 0 Å². The van der Waals surface area contributed by atoms with Gasteiger partial charge >= 0.3 is 0 Å². The highest BCUT2D eigenvalue weighted by atomic mass is 35.5. The summed E-state index contributed by atoms with van der Waals surface area (Å²) in [5.41, 5.74) is 1.97. The molecule has 0 heterocycles. The largest absolute Gasteiger partial charge is 0.319 e. The molecule has 3 rings (SSSR count). The van der Waals surface area contributed by atoms with E-state index in [0.29, 0.717) is 5.69 Å². The Kier molecular flexibility index (Phi) is 5.91. The van der Waals surface area contributed by atoms with Crippen molar-refractivity contribution in [1.29, 1.82) is 0 Å². The Balaban J connectivity index is 1.85. The summed E-state index contributed by atoms with van der Waals surface area (Å²) in [5.74, 6) is -1.48. The van der Waals surface area contributed by atoms with Crippen LogP contribution in [-0.4, -0.2) is 14.3 Å². The lowest BCUT2D eigenvalue weighted by Gasteiger charge is -2.14. The van der Waals surface area contributed by atoms with Crippen LogP contribution in [0.2, 0.25) is 5.02 Å². The lowest BCUT2D eigenvalue weighted by atomic mass is 10.1. The van der Waals surface area contributed by atoms with Gasteiger partial charge in [-0.2, -0.15) is 0 Å². The van der Waals surface area contributed by atoms with E-state index in [1.165, 1.54) is 18.2 Å². The smallest absolute Gasteiger partial charge is 0.262 e. The van der Waals surface area contributed by atoms with Crippen LogP contribution in [0.3, 0.4) is 0 Å². The Morgan fingerprint density at radius 3 is 2.24 bits per heavy atom. The van der Waals surface area contributed by atoms with Gasteiger partial charge in [0.1, 0.15) is 5.82 Å².